The summed E-state index contributed by atoms with van der Waals surface area (Å²) in [6.45, 7) is 0.990. The van der Waals surface area contributed by atoms with Crippen LogP contribution in [0.25, 0.3) is 0 Å². The third-order valence-corrected chi connectivity index (χ3v) is 6.37. The second-order valence-electron chi connectivity index (χ2n) is 6.84. The van der Waals surface area contributed by atoms with Gasteiger partial charge in [0.2, 0.25) is 15.9 Å². The quantitative estimate of drug-likeness (QED) is 0.811. The van der Waals surface area contributed by atoms with Gasteiger partial charge in [0.25, 0.3) is 0 Å². The lowest BCUT2D eigenvalue weighted by atomic mass is 9.88. The van der Waals surface area contributed by atoms with Crippen molar-refractivity contribution in [1.29, 1.82) is 0 Å². The van der Waals surface area contributed by atoms with E-state index in [1.54, 1.807) is 12.1 Å². The van der Waals surface area contributed by atoms with Crippen LogP contribution >= 0.6 is 0 Å². The van der Waals surface area contributed by atoms with Gasteiger partial charge in [-0.05, 0) is 49.9 Å². The molecule has 0 unspecified atom stereocenters. The highest BCUT2D eigenvalue weighted by molar-refractivity contribution is 7.89. The van der Waals surface area contributed by atoms with Crippen molar-refractivity contribution < 1.29 is 17.9 Å². The predicted molar refractivity (Wildman–Crippen MR) is 95.8 cm³/mol. The Labute approximate surface area is 149 Å². The minimum absolute atomic E-state index is 0.0341. The standard InChI is InChI=1S/C18H26N2O4S/c21-18(14-5-2-1-3-6-14)20-15-8-10-17(11-9-15)25(22,23)19-13-16-7-4-12-24-16/h8-11,14,16,19H,1-7,12-13H2,(H,20,21)/t16-/m0/s1. The number of nitrogens with one attached hydrogen (secondary N) is 2. The van der Waals surface area contributed by atoms with Crippen molar-refractivity contribution >= 4 is 21.6 Å². The van der Waals surface area contributed by atoms with Crippen molar-refractivity contribution in [3.63, 3.8) is 0 Å². The number of benzene rings is 1. The molecule has 1 atom stereocenters. The number of carbonyl (C=O) groups is 1. The molecule has 7 heteroatoms. The zero-order valence-corrected chi connectivity index (χ0v) is 15.2. The zero-order valence-electron chi connectivity index (χ0n) is 14.4. The van der Waals surface area contributed by atoms with Crippen LogP contribution in [0.5, 0.6) is 0 Å². The van der Waals surface area contributed by atoms with Crippen LogP contribution in [-0.4, -0.2) is 33.6 Å². The van der Waals surface area contributed by atoms with Crippen molar-refractivity contribution in [2.45, 2.75) is 55.9 Å². The van der Waals surface area contributed by atoms with E-state index in [0.717, 1.165) is 38.5 Å². The molecule has 6 nitrogen and oxygen atoms in total. The highest BCUT2D eigenvalue weighted by Gasteiger charge is 2.22. The summed E-state index contributed by atoms with van der Waals surface area (Å²) < 4.78 is 32.7. The van der Waals surface area contributed by atoms with Crippen molar-refractivity contribution in [2.75, 3.05) is 18.5 Å². The van der Waals surface area contributed by atoms with Crippen LogP contribution in [0.3, 0.4) is 0 Å². The summed E-state index contributed by atoms with van der Waals surface area (Å²) in [5, 5.41) is 2.89. The molecular formula is C18H26N2O4S. The van der Waals surface area contributed by atoms with Crippen LogP contribution in [0.4, 0.5) is 5.69 Å². The van der Waals surface area contributed by atoms with Gasteiger partial charge in [-0.25, -0.2) is 13.1 Å². The smallest absolute Gasteiger partial charge is 0.240 e. The summed E-state index contributed by atoms with van der Waals surface area (Å²) >= 11 is 0. The number of rotatable bonds is 6. The number of anilines is 1. The molecule has 2 fully saturated rings. The average Bonchev–Trinajstić information content (AvgIpc) is 3.15. The second kappa shape index (κ2) is 8.29. The maximum atomic E-state index is 12.3. The van der Waals surface area contributed by atoms with Crippen molar-refractivity contribution in [2.24, 2.45) is 5.92 Å². The molecule has 1 amide bonds. The van der Waals surface area contributed by atoms with E-state index in [0.29, 0.717) is 18.8 Å². The largest absolute Gasteiger partial charge is 0.377 e. The minimum Gasteiger partial charge on any atom is -0.377 e. The Bertz CT molecular complexity index is 676. The Morgan fingerprint density at radius 1 is 1.04 bits per heavy atom. The van der Waals surface area contributed by atoms with E-state index in [1.807, 2.05) is 0 Å². The lowest BCUT2D eigenvalue weighted by molar-refractivity contribution is -0.120. The van der Waals surface area contributed by atoms with Crippen molar-refractivity contribution in [3.8, 4) is 0 Å². The molecule has 25 heavy (non-hydrogen) atoms. The molecule has 1 saturated heterocycles. The van der Waals surface area contributed by atoms with Gasteiger partial charge in [-0.1, -0.05) is 19.3 Å². The molecule has 2 N–H and O–H groups in total. The fourth-order valence-corrected chi connectivity index (χ4v) is 4.48. The third kappa shape index (κ3) is 5.03. The average molecular weight is 366 g/mol. The molecule has 0 spiro atoms. The fourth-order valence-electron chi connectivity index (χ4n) is 3.42. The van der Waals surface area contributed by atoms with Gasteiger partial charge in [-0.3, -0.25) is 4.79 Å². The number of amides is 1. The predicted octanol–water partition coefficient (Wildman–Crippen LogP) is 2.66. The first-order chi connectivity index (χ1) is 12.0. The van der Waals surface area contributed by atoms with Gasteiger partial charge in [-0.15, -0.1) is 0 Å². The third-order valence-electron chi connectivity index (χ3n) is 4.93. The Morgan fingerprint density at radius 2 is 1.76 bits per heavy atom. The van der Waals surface area contributed by atoms with Gasteiger partial charge in [0.1, 0.15) is 0 Å². The van der Waals surface area contributed by atoms with Gasteiger partial charge >= 0.3 is 0 Å². The number of sulfonamides is 1. The molecule has 0 aromatic heterocycles. The van der Waals surface area contributed by atoms with Crippen LogP contribution in [0.1, 0.15) is 44.9 Å². The lowest BCUT2D eigenvalue weighted by Crippen LogP contribution is -2.31. The monoisotopic (exact) mass is 366 g/mol. The maximum Gasteiger partial charge on any atom is 0.240 e. The highest BCUT2D eigenvalue weighted by atomic mass is 32.2. The first-order valence-corrected chi connectivity index (χ1v) is 10.5. The SMILES string of the molecule is O=C(Nc1ccc(S(=O)(=O)NC[C@@H]2CCCO2)cc1)C1CCCCC1. The van der Waals surface area contributed by atoms with Crippen molar-refractivity contribution in [1.82, 2.24) is 4.72 Å². The Hall–Kier alpha value is -1.44. The summed E-state index contributed by atoms with van der Waals surface area (Å²) in [6, 6.07) is 6.32. The van der Waals surface area contributed by atoms with E-state index < -0.39 is 10.0 Å². The fraction of sp³-hybridized carbons (Fsp3) is 0.611. The molecular weight excluding hydrogens is 340 g/mol. The normalized spacial score (nSPS) is 22.0. The topological polar surface area (TPSA) is 84.5 Å². The number of ether oxygens (including phenoxy) is 1. The van der Waals surface area contributed by atoms with Gasteiger partial charge < -0.3 is 10.1 Å². The summed E-state index contributed by atoms with van der Waals surface area (Å²) in [5.41, 5.74) is 0.633. The molecule has 0 radical (unpaired) electrons. The molecule has 0 bridgehead atoms. The molecule has 1 aromatic rings. The number of hydrogen-bond donors (Lipinski definition) is 2. The summed E-state index contributed by atoms with van der Waals surface area (Å²) in [4.78, 5) is 12.4. The molecule has 1 heterocycles. The molecule has 2 aliphatic rings. The van der Waals surface area contributed by atoms with Crippen LogP contribution in [-0.2, 0) is 19.6 Å². The van der Waals surface area contributed by atoms with Crippen LogP contribution in [0.15, 0.2) is 29.2 Å². The first-order valence-electron chi connectivity index (χ1n) is 9.07. The first kappa shape index (κ1) is 18.4. The summed E-state index contributed by atoms with van der Waals surface area (Å²) in [7, 11) is -3.56. The van der Waals surface area contributed by atoms with Gasteiger partial charge in [-0.2, -0.15) is 0 Å². The molecule has 138 valence electrons. The van der Waals surface area contributed by atoms with Gasteiger partial charge in [0, 0.05) is 24.8 Å². The molecule has 1 aliphatic heterocycles. The Balaban J connectivity index is 1.56. The van der Waals surface area contributed by atoms with Crippen molar-refractivity contribution in [3.05, 3.63) is 24.3 Å². The maximum absolute atomic E-state index is 12.3. The van der Waals surface area contributed by atoms with E-state index in [2.05, 4.69) is 10.0 Å². The number of carbonyl (C=O) groups excluding carboxylic acids is 1. The molecule has 3 rings (SSSR count). The van der Waals surface area contributed by atoms with E-state index in [4.69, 9.17) is 4.74 Å². The van der Waals surface area contributed by atoms with Crippen LogP contribution < -0.4 is 10.0 Å². The lowest BCUT2D eigenvalue weighted by Gasteiger charge is -2.20. The van der Waals surface area contributed by atoms with E-state index in [9.17, 15) is 13.2 Å². The number of hydrogen-bond acceptors (Lipinski definition) is 4. The minimum atomic E-state index is -3.56. The van der Waals surface area contributed by atoms with Crippen LogP contribution in [0, 0.1) is 5.92 Å². The Kier molecular flexibility index (Phi) is 6.09. The van der Waals surface area contributed by atoms with Crippen LogP contribution in [0.2, 0.25) is 0 Å². The molecule has 1 saturated carbocycles. The summed E-state index contributed by atoms with van der Waals surface area (Å²) in [5.74, 6) is 0.108. The zero-order chi connectivity index (χ0) is 17.7. The highest BCUT2D eigenvalue weighted by Crippen LogP contribution is 2.25. The second-order valence-corrected chi connectivity index (χ2v) is 8.60. The van der Waals surface area contributed by atoms with E-state index in [1.165, 1.54) is 18.6 Å². The Morgan fingerprint density at radius 3 is 2.40 bits per heavy atom. The van der Waals surface area contributed by atoms with Gasteiger partial charge in [0.15, 0.2) is 0 Å². The van der Waals surface area contributed by atoms with Gasteiger partial charge in [0.05, 0.1) is 11.0 Å². The van der Waals surface area contributed by atoms with E-state index >= 15 is 0 Å². The molecule has 1 aliphatic carbocycles. The summed E-state index contributed by atoms with van der Waals surface area (Å²) in [6.07, 6.45) is 7.10. The van der Waals surface area contributed by atoms with E-state index in [-0.39, 0.29) is 22.8 Å². The molecule has 1 aromatic carbocycles.